The molecular formula is C22H17BrClFN2O2. The Hall–Kier alpha value is -2.70. The molecule has 7 heteroatoms. The zero-order valence-electron chi connectivity index (χ0n) is 15.5. The Morgan fingerprint density at radius 3 is 2.72 bits per heavy atom. The summed E-state index contributed by atoms with van der Waals surface area (Å²) in [6.45, 7) is 1.69. The van der Waals surface area contributed by atoms with Gasteiger partial charge < -0.3 is 10.1 Å². The first-order valence-corrected chi connectivity index (χ1v) is 9.86. The molecule has 0 aliphatic rings. The molecule has 148 valence electrons. The normalized spacial score (nSPS) is 10.9. The number of rotatable bonds is 6. The van der Waals surface area contributed by atoms with Crippen molar-refractivity contribution in [2.75, 3.05) is 11.9 Å². The first-order chi connectivity index (χ1) is 13.9. The van der Waals surface area contributed by atoms with E-state index in [1.165, 1.54) is 12.1 Å². The highest BCUT2D eigenvalue weighted by atomic mass is 79.9. The number of anilines is 1. The molecule has 0 fully saturated rings. The largest absolute Gasteiger partial charge is 0.482 e. The van der Waals surface area contributed by atoms with E-state index >= 15 is 0 Å². The maximum absolute atomic E-state index is 13.6. The number of nitrogens with one attached hydrogen (secondary N) is 1. The first kappa shape index (κ1) is 21.0. The van der Waals surface area contributed by atoms with Gasteiger partial charge in [0.25, 0.3) is 5.91 Å². The molecule has 3 aromatic carbocycles. The zero-order valence-corrected chi connectivity index (χ0v) is 17.8. The summed E-state index contributed by atoms with van der Waals surface area (Å²) < 4.78 is 20.0. The number of hydrogen-bond donors (Lipinski definition) is 1. The van der Waals surface area contributed by atoms with Gasteiger partial charge in [0.2, 0.25) is 0 Å². The molecule has 0 bridgehead atoms. The highest BCUT2D eigenvalue weighted by molar-refractivity contribution is 9.10. The molecule has 1 amide bonds. The molecule has 0 saturated carbocycles. The standard InChI is InChI=1S/C22H17BrClFN2O2/c1-14-10-16(23)7-8-19(14)26-12-15-6-9-21(17(24)11-15)29-13-22(28)27-20-5-3-2-4-18(20)25/h2-12H,13H2,1H3,(H,27,28). The predicted octanol–water partition coefficient (Wildman–Crippen LogP) is 6.32. The minimum absolute atomic E-state index is 0.0991. The molecular weight excluding hydrogens is 459 g/mol. The molecule has 0 atom stereocenters. The summed E-state index contributed by atoms with van der Waals surface area (Å²) in [6, 6.07) is 16.9. The van der Waals surface area contributed by atoms with Crippen molar-refractivity contribution in [3.05, 3.63) is 87.1 Å². The van der Waals surface area contributed by atoms with Gasteiger partial charge in [-0.25, -0.2) is 4.39 Å². The topological polar surface area (TPSA) is 50.7 Å². The summed E-state index contributed by atoms with van der Waals surface area (Å²) in [5.74, 6) is -0.640. The van der Waals surface area contributed by atoms with Crippen LogP contribution in [0.15, 0.2) is 70.1 Å². The van der Waals surface area contributed by atoms with Gasteiger partial charge >= 0.3 is 0 Å². The summed E-state index contributed by atoms with van der Waals surface area (Å²) in [5, 5.41) is 2.80. The number of para-hydroxylation sites is 1. The Balaban J connectivity index is 1.61. The monoisotopic (exact) mass is 474 g/mol. The second-order valence-corrected chi connectivity index (χ2v) is 7.52. The Morgan fingerprint density at radius 1 is 1.21 bits per heavy atom. The van der Waals surface area contributed by atoms with E-state index in [-0.39, 0.29) is 12.3 Å². The van der Waals surface area contributed by atoms with Crippen LogP contribution in [-0.4, -0.2) is 18.7 Å². The molecule has 29 heavy (non-hydrogen) atoms. The molecule has 3 aromatic rings. The Kier molecular flexibility index (Phi) is 7.01. The molecule has 0 aliphatic carbocycles. The second kappa shape index (κ2) is 9.67. The number of carbonyl (C=O) groups is 1. The lowest BCUT2D eigenvalue weighted by Gasteiger charge is -2.09. The van der Waals surface area contributed by atoms with Gasteiger partial charge in [0, 0.05) is 10.7 Å². The fourth-order valence-corrected chi connectivity index (χ4v) is 3.23. The van der Waals surface area contributed by atoms with E-state index in [1.54, 1.807) is 36.5 Å². The lowest BCUT2D eigenvalue weighted by atomic mass is 10.2. The van der Waals surface area contributed by atoms with Crippen LogP contribution in [0, 0.1) is 12.7 Å². The van der Waals surface area contributed by atoms with Crippen LogP contribution in [0.3, 0.4) is 0 Å². The zero-order chi connectivity index (χ0) is 20.8. The molecule has 0 spiro atoms. The molecule has 0 saturated heterocycles. The average molecular weight is 476 g/mol. The van der Waals surface area contributed by atoms with Crippen LogP contribution in [0.4, 0.5) is 15.8 Å². The number of aryl methyl sites for hydroxylation is 1. The van der Waals surface area contributed by atoms with E-state index in [0.29, 0.717) is 10.8 Å². The minimum Gasteiger partial charge on any atom is -0.482 e. The van der Waals surface area contributed by atoms with E-state index in [2.05, 4.69) is 26.2 Å². The quantitative estimate of drug-likeness (QED) is 0.424. The first-order valence-electron chi connectivity index (χ1n) is 8.69. The van der Waals surface area contributed by atoms with E-state index in [0.717, 1.165) is 21.3 Å². The number of carbonyl (C=O) groups excluding carboxylic acids is 1. The Morgan fingerprint density at radius 2 is 2.00 bits per heavy atom. The number of amides is 1. The number of hydrogen-bond acceptors (Lipinski definition) is 3. The van der Waals surface area contributed by atoms with Crippen molar-refractivity contribution in [3.8, 4) is 5.75 Å². The fraction of sp³-hybridized carbons (Fsp3) is 0.0909. The SMILES string of the molecule is Cc1cc(Br)ccc1N=Cc1ccc(OCC(=O)Nc2ccccc2F)c(Cl)c1. The van der Waals surface area contributed by atoms with Crippen molar-refractivity contribution < 1.29 is 13.9 Å². The number of benzene rings is 3. The van der Waals surface area contributed by atoms with Gasteiger partial charge in [0.1, 0.15) is 11.6 Å². The maximum atomic E-state index is 13.6. The van der Waals surface area contributed by atoms with Crippen molar-refractivity contribution in [2.45, 2.75) is 6.92 Å². The fourth-order valence-electron chi connectivity index (χ4n) is 2.51. The highest BCUT2D eigenvalue weighted by Gasteiger charge is 2.09. The van der Waals surface area contributed by atoms with Gasteiger partial charge in [0.15, 0.2) is 6.61 Å². The lowest BCUT2D eigenvalue weighted by molar-refractivity contribution is -0.118. The summed E-state index contributed by atoms with van der Waals surface area (Å²) in [5.41, 5.74) is 2.79. The number of nitrogens with zero attached hydrogens (tertiary/aromatic N) is 1. The summed E-state index contributed by atoms with van der Waals surface area (Å²) in [6.07, 6.45) is 1.71. The van der Waals surface area contributed by atoms with Crippen LogP contribution in [0.25, 0.3) is 0 Å². The van der Waals surface area contributed by atoms with Crippen LogP contribution >= 0.6 is 27.5 Å². The minimum atomic E-state index is -0.511. The van der Waals surface area contributed by atoms with Crippen LogP contribution in [-0.2, 0) is 4.79 Å². The molecule has 0 unspecified atom stereocenters. The molecule has 3 rings (SSSR count). The van der Waals surface area contributed by atoms with E-state index in [9.17, 15) is 9.18 Å². The van der Waals surface area contributed by atoms with Gasteiger partial charge in [0.05, 0.1) is 16.4 Å². The summed E-state index contributed by atoms with van der Waals surface area (Å²) >= 11 is 9.67. The van der Waals surface area contributed by atoms with Gasteiger partial charge in [-0.2, -0.15) is 0 Å². The second-order valence-electron chi connectivity index (χ2n) is 6.20. The van der Waals surface area contributed by atoms with Crippen molar-refractivity contribution in [1.82, 2.24) is 0 Å². The molecule has 0 radical (unpaired) electrons. The van der Waals surface area contributed by atoms with Gasteiger partial charge in [-0.3, -0.25) is 9.79 Å². The number of aliphatic imine (C=N–C) groups is 1. The van der Waals surface area contributed by atoms with Crippen molar-refractivity contribution >= 4 is 51.0 Å². The number of halogens is 3. The highest BCUT2D eigenvalue weighted by Crippen LogP contribution is 2.26. The van der Waals surface area contributed by atoms with Crippen LogP contribution < -0.4 is 10.1 Å². The summed E-state index contributed by atoms with van der Waals surface area (Å²) in [4.78, 5) is 16.4. The Labute approximate surface area is 181 Å². The van der Waals surface area contributed by atoms with Crippen molar-refractivity contribution in [2.24, 2.45) is 4.99 Å². The van der Waals surface area contributed by atoms with Crippen molar-refractivity contribution in [1.29, 1.82) is 0 Å². The van der Waals surface area contributed by atoms with Gasteiger partial charge in [-0.05, 0) is 66.6 Å². The van der Waals surface area contributed by atoms with Crippen LogP contribution in [0.5, 0.6) is 5.75 Å². The third-order valence-electron chi connectivity index (χ3n) is 3.97. The summed E-state index contributed by atoms with van der Waals surface area (Å²) in [7, 11) is 0. The van der Waals surface area contributed by atoms with Crippen LogP contribution in [0.1, 0.15) is 11.1 Å². The third-order valence-corrected chi connectivity index (χ3v) is 4.76. The molecule has 1 N–H and O–H groups in total. The van der Waals surface area contributed by atoms with Gasteiger partial charge in [-0.1, -0.05) is 39.7 Å². The smallest absolute Gasteiger partial charge is 0.262 e. The number of ether oxygens (including phenoxy) is 1. The molecule has 4 nitrogen and oxygen atoms in total. The van der Waals surface area contributed by atoms with E-state index in [1.807, 2.05) is 25.1 Å². The average Bonchev–Trinajstić information content (AvgIpc) is 2.68. The lowest BCUT2D eigenvalue weighted by Crippen LogP contribution is -2.20. The van der Waals surface area contributed by atoms with Crippen molar-refractivity contribution in [3.63, 3.8) is 0 Å². The van der Waals surface area contributed by atoms with Gasteiger partial charge in [-0.15, -0.1) is 0 Å². The predicted molar refractivity (Wildman–Crippen MR) is 118 cm³/mol. The van der Waals surface area contributed by atoms with E-state index in [4.69, 9.17) is 16.3 Å². The maximum Gasteiger partial charge on any atom is 0.262 e. The third kappa shape index (κ3) is 5.89. The van der Waals surface area contributed by atoms with E-state index < -0.39 is 11.7 Å². The molecule has 0 heterocycles. The van der Waals surface area contributed by atoms with Crippen LogP contribution in [0.2, 0.25) is 5.02 Å². The molecule has 0 aliphatic heterocycles. The molecule has 0 aromatic heterocycles. The Bertz CT molecular complexity index is 1070.